The van der Waals surface area contributed by atoms with Crippen LogP contribution in [0.5, 0.6) is 0 Å². The molecule has 0 aliphatic heterocycles. The first-order valence-corrected chi connectivity index (χ1v) is 17.1. The van der Waals surface area contributed by atoms with Crippen LogP contribution in [-0.2, 0) is 4.79 Å². The van der Waals surface area contributed by atoms with Gasteiger partial charge in [0.15, 0.2) is 0 Å². The number of fused-ring (bicyclic) bond motifs is 6. The summed E-state index contributed by atoms with van der Waals surface area (Å²) in [6.07, 6.45) is 12.7. The number of nitrogens with one attached hydrogen (secondary N) is 2. The lowest BCUT2D eigenvalue weighted by atomic mass is 9.23. The molecule has 6 saturated carbocycles. The van der Waals surface area contributed by atoms with Crippen LogP contribution >= 0.6 is 0 Å². The first-order valence-electron chi connectivity index (χ1n) is 17.1. The van der Waals surface area contributed by atoms with Gasteiger partial charge in [-0.1, -0.05) is 53.7 Å². The predicted octanol–water partition coefficient (Wildman–Crippen LogP) is 7.12. The molecule has 6 aliphatic rings. The fourth-order valence-electron chi connectivity index (χ4n) is 14.3. The second-order valence-electron chi connectivity index (χ2n) is 16.8. The van der Waals surface area contributed by atoms with Crippen LogP contribution in [0.2, 0.25) is 0 Å². The maximum Gasteiger partial charge on any atom is 0.226 e. The van der Waals surface area contributed by atoms with E-state index in [9.17, 15) is 9.90 Å². The molecule has 40 heavy (non-hydrogen) atoms. The van der Waals surface area contributed by atoms with Gasteiger partial charge in [0, 0.05) is 18.5 Å². The topological polar surface area (TPSA) is 61.4 Å². The minimum absolute atomic E-state index is 0.0848. The number of amides is 1. The summed E-state index contributed by atoms with van der Waals surface area (Å²) >= 11 is 0. The van der Waals surface area contributed by atoms with Gasteiger partial charge < -0.3 is 15.7 Å². The molecule has 0 bridgehead atoms. The van der Waals surface area contributed by atoms with Gasteiger partial charge in [-0.25, -0.2) is 0 Å². The van der Waals surface area contributed by atoms with E-state index in [4.69, 9.17) is 0 Å². The van der Waals surface area contributed by atoms with Crippen molar-refractivity contribution in [2.24, 2.45) is 62.1 Å². The van der Waals surface area contributed by atoms with E-state index in [1.165, 1.54) is 50.5 Å². The number of hydrogen-bond donors (Lipinski definition) is 3. The van der Waals surface area contributed by atoms with Crippen molar-refractivity contribution in [1.29, 1.82) is 0 Å². The third-order valence-electron chi connectivity index (χ3n) is 16.2. The summed E-state index contributed by atoms with van der Waals surface area (Å²) in [5.74, 6) is 3.22. The van der Waals surface area contributed by atoms with Crippen LogP contribution in [0.15, 0.2) is 12.2 Å². The number of hydrogen-bond acceptors (Lipinski definition) is 3. The molecule has 0 heterocycles. The Morgan fingerprint density at radius 3 is 2.27 bits per heavy atom. The highest BCUT2D eigenvalue weighted by Gasteiger charge is 2.79. The molecule has 0 aromatic rings. The first-order chi connectivity index (χ1) is 18.8. The van der Waals surface area contributed by atoms with Gasteiger partial charge in [0.1, 0.15) is 0 Å². The number of carbonyl (C=O) groups excluding carboxylic acids is 1. The van der Waals surface area contributed by atoms with Crippen LogP contribution in [0.3, 0.4) is 0 Å². The highest BCUT2D eigenvalue weighted by atomic mass is 16.3. The average molecular weight is 553 g/mol. The Morgan fingerprint density at radius 2 is 1.60 bits per heavy atom. The number of aliphatic hydroxyl groups excluding tert-OH is 1. The Balaban J connectivity index is 1.36. The summed E-state index contributed by atoms with van der Waals surface area (Å²) in [6.45, 7) is 24.4. The Morgan fingerprint density at radius 1 is 0.875 bits per heavy atom. The Kier molecular flexibility index (Phi) is 6.80. The molecule has 226 valence electrons. The summed E-state index contributed by atoms with van der Waals surface area (Å²) in [6, 6.07) is 0. The summed E-state index contributed by atoms with van der Waals surface area (Å²) in [5, 5.41) is 18.1. The largest absolute Gasteiger partial charge is 0.393 e. The molecule has 6 fully saturated rings. The van der Waals surface area contributed by atoms with E-state index in [2.05, 4.69) is 65.7 Å². The summed E-state index contributed by atoms with van der Waals surface area (Å²) in [7, 11) is 0. The monoisotopic (exact) mass is 552 g/mol. The van der Waals surface area contributed by atoms with Gasteiger partial charge in [-0.15, -0.1) is 0 Å². The van der Waals surface area contributed by atoms with E-state index in [-0.39, 0.29) is 33.2 Å². The van der Waals surface area contributed by atoms with Crippen molar-refractivity contribution in [2.45, 2.75) is 125 Å². The third kappa shape index (κ3) is 3.25. The fraction of sp³-hybridized carbons (Fsp3) is 0.917. The zero-order valence-corrected chi connectivity index (χ0v) is 26.9. The number of allylic oxidation sites excluding steroid dienone is 1. The second-order valence-corrected chi connectivity index (χ2v) is 16.8. The number of aliphatic hydroxyl groups is 1. The normalized spacial score (nSPS) is 54.6. The molecule has 0 aromatic carbocycles. The minimum atomic E-state index is -0.223. The Bertz CT molecular complexity index is 1060. The van der Waals surface area contributed by atoms with E-state index < -0.39 is 0 Å². The molecule has 4 heteroatoms. The molecular weight excluding hydrogens is 492 g/mol. The van der Waals surface area contributed by atoms with E-state index in [0.29, 0.717) is 40.9 Å². The fourth-order valence-corrected chi connectivity index (χ4v) is 14.3. The number of carbonyl (C=O) groups is 1. The van der Waals surface area contributed by atoms with Gasteiger partial charge in [-0.05, 0) is 135 Å². The minimum Gasteiger partial charge on any atom is -0.393 e. The van der Waals surface area contributed by atoms with Crippen molar-refractivity contribution in [3.63, 3.8) is 0 Å². The van der Waals surface area contributed by atoms with Crippen molar-refractivity contribution >= 4 is 5.91 Å². The molecule has 0 aromatic heterocycles. The SMILES string of the molecule is C=C(C)C1CCC2(C(=O)NCCNCC)CCC3(C)C(CCC4C3(C)CCC35C(C)CC3(C)C(O)CCC45C)C12. The quantitative estimate of drug-likeness (QED) is 0.243. The molecule has 6 aliphatic carbocycles. The lowest BCUT2D eigenvalue weighted by Gasteiger charge is -2.81. The predicted molar refractivity (Wildman–Crippen MR) is 164 cm³/mol. The van der Waals surface area contributed by atoms with Gasteiger partial charge in [0.2, 0.25) is 5.91 Å². The summed E-state index contributed by atoms with van der Waals surface area (Å²) in [4.78, 5) is 14.1. The standard InChI is InChI=1S/C36H60N2O2/c1-9-37-20-21-38-30(40)35-15-12-25(23(2)3)29(35)26-10-11-27-32(6,31(26,5)16-18-35)17-19-36-24(4)22-34(36,8)28(39)13-14-33(27,36)7/h24-29,37,39H,2,9-22H2,1,3-8H3,(H,38,40). The van der Waals surface area contributed by atoms with Crippen LogP contribution in [0.1, 0.15) is 119 Å². The average Bonchev–Trinajstić information content (AvgIpc) is 3.31. The van der Waals surface area contributed by atoms with Gasteiger partial charge in [0.25, 0.3) is 0 Å². The second kappa shape index (κ2) is 9.31. The zero-order valence-electron chi connectivity index (χ0n) is 26.9. The zero-order chi connectivity index (χ0) is 28.9. The highest BCUT2D eigenvalue weighted by molar-refractivity contribution is 5.84. The molecule has 0 radical (unpaired) electrons. The summed E-state index contributed by atoms with van der Waals surface area (Å²) < 4.78 is 0. The Labute approximate surface area is 245 Å². The first kappa shape index (κ1) is 29.2. The van der Waals surface area contributed by atoms with E-state index in [0.717, 1.165) is 45.3 Å². The van der Waals surface area contributed by atoms with Crippen molar-refractivity contribution in [1.82, 2.24) is 10.6 Å². The molecule has 3 N–H and O–H groups in total. The lowest BCUT2D eigenvalue weighted by molar-refractivity contribution is -0.346. The molecule has 0 saturated heterocycles. The molecular formula is C36H60N2O2. The van der Waals surface area contributed by atoms with E-state index >= 15 is 0 Å². The number of likely N-dealkylation sites (N-methyl/N-ethyl adjacent to an activating group) is 1. The molecule has 6 rings (SSSR count). The molecule has 4 nitrogen and oxygen atoms in total. The highest BCUT2D eigenvalue weighted by Crippen LogP contribution is 2.85. The van der Waals surface area contributed by atoms with Crippen LogP contribution in [0, 0.1) is 62.1 Å². The van der Waals surface area contributed by atoms with Crippen molar-refractivity contribution in [3.05, 3.63) is 12.2 Å². The maximum absolute atomic E-state index is 14.1. The molecule has 1 spiro atoms. The van der Waals surface area contributed by atoms with Gasteiger partial charge in [-0.2, -0.15) is 0 Å². The maximum atomic E-state index is 14.1. The molecule has 1 amide bonds. The Hall–Kier alpha value is -0.870. The van der Waals surface area contributed by atoms with Gasteiger partial charge in [0.05, 0.1) is 11.5 Å². The molecule has 12 unspecified atom stereocenters. The van der Waals surface area contributed by atoms with Crippen LogP contribution in [0.4, 0.5) is 0 Å². The van der Waals surface area contributed by atoms with Crippen molar-refractivity contribution in [2.75, 3.05) is 19.6 Å². The summed E-state index contributed by atoms with van der Waals surface area (Å²) in [5.41, 5.74) is 2.27. The third-order valence-corrected chi connectivity index (χ3v) is 16.2. The van der Waals surface area contributed by atoms with Crippen LogP contribution in [-0.4, -0.2) is 36.8 Å². The van der Waals surface area contributed by atoms with E-state index in [1.807, 2.05) is 0 Å². The van der Waals surface area contributed by atoms with Gasteiger partial charge in [-0.3, -0.25) is 4.79 Å². The van der Waals surface area contributed by atoms with Gasteiger partial charge >= 0.3 is 0 Å². The molecule has 12 atom stereocenters. The van der Waals surface area contributed by atoms with Crippen molar-refractivity contribution < 1.29 is 9.90 Å². The number of rotatable bonds is 6. The van der Waals surface area contributed by atoms with Crippen molar-refractivity contribution in [3.8, 4) is 0 Å². The van der Waals surface area contributed by atoms with E-state index in [1.54, 1.807) is 0 Å². The lowest BCUT2D eigenvalue weighted by Crippen LogP contribution is -2.77. The van der Waals surface area contributed by atoms with Crippen LogP contribution < -0.4 is 10.6 Å². The van der Waals surface area contributed by atoms with Crippen LogP contribution in [0.25, 0.3) is 0 Å². The smallest absolute Gasteiger partial charge is 0.226 e.